The van der Waals surface area contributed by atoms with Gasteiger partial charge in [0.15, 0.2) is 0 Å². The topological polar surface area (TPSA) is 26.0 Å². The summed E-state index contributed by atoms with van der Waals surface area (Å²) in [4.78, 5) is 0. The summed E-state index contributed by atoms with van der Waals surface area (Å²) in [7, 11) is 0. The lowest BCUT2D eigenvalue weighted by atomic mass is 9.83. The highest BCUT2D eigenvalue weighted by molar-refractivity contribution is 5.32. The van der Waals surface area contributed by atoms with E-state index in [1.165, 1.54) is 11.1 Å². The van der Waals surface area contributed by atoms with Crippen LogP contribution in [-0.2, 0) is 0 Å². The highest BCUT2D eigenvalue weighted by atomic mass is 14.6. The SMILES string of the molecule is CC(C)[C@@H](N)CC(c1ccccc1)c1ccccc1. The maximum atomic E-state index is 6.29. The molecular formula is C18H23N. The van der Waals surface area contributed by atoms with E-state index in [0.29, 0.717) is 11.8 Å². The minimum absolute atomic E-state index is 0.227. The molecule has 0 spiro atoms. The second-order valence-corrected chi connectivity index (χ2v) is 5.52. The summed E-state index contributed by atoms with van der Waals surface area (Å²) >= 11 is 0. The van der Waals surface area contributed by atoms with Crippen molar-refractivity contribution in [1.29, 1.82) is 0 Å². The molecule has 1 atom stereocenters. The first kappa shape index (κ1) is 13.8. The molecule has 0 aliphatic heterocycles. The maximum Gasteiger partial charge on any atom is 0.0104 e. The molecule has 100 valence electrons. The Kier molecular flexibility index (Phi) is 4.75. The zero-order chi connectivity index (χ0) is 13.7. The van der Waals surface area contributed by atoms with Gasteiger partial charge < -0.3 is 5.73 Å². The fourth-order valence-corrected chi connectivity index (χ4v) is 2.38. The summed E-state index contributed by atoms with van der Waals surface area (Å²) in [6.45, 7) is 4.38. The number of hydrogen-bond donors (Lipinski definition) is 1. The zero-order valence-electron chi connectivity index (χ0n) is 11.8. The maximum absolute atomic E-state index is 6.29. The summed E-state index contributed by atoms with van der Waals surface area (Å²) in [6, 6.07) is 21.6. The minimum atomic E-state index is 0.227. The molecule has 0 bridgehead atoms. The van der Waals surface area contributed by atoms with Crippen LogP contribution in [0.3, 0.4) is 0 Å². The lowest BCUT2D eigenvalue weighted by Crippen LogP contribution is -2.28. The molecule has 19 heavy (non-hydrogen) atoms. The largest absolute Gasteiger partial charge is 0.327 e. The van der Waals surface area contributed by atoms with Crippen molar-refractivity contribution in [3.8, 4) is 0 Å². The van der Waals surface area contributed by atoms with Crippen LogP contribution < -0.4 is 5.73 Å². The molecule has 1 heteroatoms. The molecule has 0 aromatic heterocycles. The predicted molar refractivity (Wildman–Crippen MR) is 82.2 cm³/mol. The van der Waals surface area contributed by atoms with Crippen LogP contribution in [0.5, 0.6) is 0 Å². The molecule has 0 aliphatic carbocycles. The Balaban J connectivity index is 2.29. The summed E-state index contributed by atoms with van der Waals surface area (Å²) < 4.78 is 0. The van der Waals surface area contributed by atoms with Gasteiger partial charge in [-0.15, -0.1) is 0 Å². The Hall–Kier alpha value is -1.60. The first-order valence-corrected chi connectivity index (χ1v) is 7.04. The lowest BCUT2D eigenvalue weighted by molar-refractivity contribution is 0.445. The van der Waals surface area contributed by atoms with Crippen LogP contribution in [0, 0.1) is 5.92 Å². The van der Waals surface area contributed by atoms with Crippen LogP contribution in [0.1, 0.15) is 37.3 Å². The Morgan fingerprint density at radius 1 is 0.789 bits per heavy atom. The van der Waals surface area contributed by atoms with E-state index in [-0.39, 0.29) is 6.04 Å². The van der Waals surface area contributed by atoms with Crippen molar-refractivity contribution in [3.63, 3.8) is 0 Å². The van der Waals surface area contributed by atoms with Gasteiger partial charge in [-0.3, -0.25) is 0 Å². The average Bonchev–Trinajstić information content (AvgIpc) is 2.46. The van der Waals surface area contributed by atoms with Crippen LogP contribution in [0.15, 0.2) is 60.7 Å². The summed E-state index contributed by atoms with van der Waals surface area (Å²) in [5.74, 6) is 0.898. The smallest absolute Gasteiger partial charge is 0.0104 e. The fraction of sp³-hybridized carbons (Fsp3) is 0.333. The zero-order valence-corrected chi connectivity index (χ0v) is 11.8. The standard InChI is InChI=1S/C18H23N/c1-14(2)18(19)13-17(15-9-5-3-6-10-15)16-11-7-4-8-12-16/h3-12,14,17-18H,13,19H2,1-2H3/t18-/m0/s1. The number of hydrogen-bond acceptors (Lipinski definition) is 1. The summed E-state index contributed by atoms with van der Waals surface area (Å²) in [5, 5.41) is 0. The van der Waals surface area contributed by atoms with E-state index < -0.39 is 0 Å². The molecule has 2 rings (SSSR count). The van der Waals surface area contributed by atoms with Gasteiger partial charge in [0.1, 0.15) is 0 Å². The first-order chi connectivity index (χ1) is 9.18. The van der Waals surface area contributed by atoms with Crippen molar-refractivity contribution in [2.45, 2.75) is 32.2 Å². The molecule has 0 radical (unpaired) electrons. The van der Waals surface area contributed by atoms with Crippen molar-refractivity contribution >= 4 is 0 Å². The third-order valence-electron chi connectivity index (χ3n) is 3.77. The molecule has 0 aliphatic rings. The quantitative estimate of drug-likeness (QED) is 0.849. The van der Waals surface area contributed by atoms with Crippen LogP contribution in [0.4, 0.5) is 0 Å². The normalized spacial score (nSPS) is 12.9. The molecule has 0 fully saturated rings. The van der Waals surface area contributed by atoms with Crippen LogP contribution in [0.25, 0.3) is 0 Å². The predicted octanol–water partition coefficient (Wildman–Crippen LogP) is 4.19. The number of rotatable bonds is 5. The van der Waals surface area contributed by atoms with Gasteiger partial charge in [0.2, 0.25) is 0 Å². The number of nitrogens with two attached hydrogens (primary N) is 1. The Bertz CT molecular complexity index is 436. The monoisotopic (exact) mass is 253 g/mol. The molecule has 1 nitrogen and oxygen atoms in total. The van der Waals surface area contributed by atoms with Crippen molar-refractivity contribution in [2.75, 3.05) is 0 Å². The van der Waals surface area contributed by atoms with E-state index in [9.17, 15) is 0 Å². The molecule has 2 N–H and O–H groups in total. The molecule has 0 saturated carbocycles. The first-order valence-electron chi connectivity index (χ1n) is 7.04. The van der Waals surface area contributed by atoms with Gasteiger partial charge in [0.25, 0.3) is 0 Å². The van der Waals surface area contributed by atoms with Crippen molar-refractivity contribution in [2.24, 2.45) is 11.7 Å². The van der Waals surface area contributed by atoms with Gasteiger partial charge in [-0.25, -0.2) is 0 Å². The molecule has 2 aromatic carbocycles. The second-order valence-electron chi connectivity index (χ2n) is 5.52. The summed E-state index contributed by atoms with van der Waals surface area (Å²) in [5.41, 5.74) is 9.00. The fourth-order valence-electron chi connectivity index (χ4n) is 2.38. The average molecular weight is 253 g/mol. The third kappa shape index (κ3) is 3.68. The highest BCUT2D eigenvalue weighted by Gasteiger charge is 2.19. The lowest BCUT2D eigenvalue weighted by Gasteiger charge is -2.24. The van der Waals surface area contributed by atoms with Gasteiger partial charge in [-0.05, 0) is 23.5 Å². The molecular weight excluding hydrogens is 230 g/mol. The summed E-state index contributed by atoms with van der Waals surface area (Å²) in [6.07, 6.45) is 0.992. The molecule has 0 unspecified atom stereocenters. The Labute approximate surface area is 116 Å². The number of benzene rings is 2. The van der Waals surface area contributed by atoms with E-state index in [1.807, 2.05) is 0 Å². The van der Waals surface area contributed by atoms with Gasteiger partial charge in [-0.2, -0.15) is 0 Å². The Morgan fingerprint density at radius 3 is 1.58 bits per heavy atom. The van der Waals surface area contributed by atoms with Crippen molar-refractivity contribution < 1.29 is 0 Å². The molecule has 0 heterocycles. The van der Waals surface area contributed by atoms with E-state index in [2.05, 4.69) is 74.5 Å². The molecule has 2 aromatic rings. The second kappa shape index (κ2) is 6.53. The van der Waals surface area contributed by atoms with Crippen molar-refractivity contribution in [1.82, 2.24) is 0 Å². The van der Waals surface area contributed by atoms with E-state index in [0.717, 1.165) is 6.42 Å². The molecule has 0 amide bonds. The van der Waals surface area contributed by atoms with Crippen LogP contribution in [0.2, 0.25) is 0 Å². The van der Waals surface area contributed by atoms with Gasteiger partial charge in [0, 0.05) is 12.0 Å². The third-order valence-corrected chi connectivity index (χ3v) is 3.77. The highest BCUT2D eigenvalue weighted by Crippen LogP contribution is 2.29. The Morgan fingerprint density at radius 2 is 1.21 bits per heavy atom. The van der Waals surface area contributed by atoms with Crippen LogP contribution >= 0.6 is 0 Å². The van der Waals surface area contributed by atoms with E-state index in [4.69, 9.17) is 5.73 Å². The van der Waals surface area contributed by atoms with Gasteiger partial charge in [-0.1, -0.05) is 74.5 Å². The van der Waals surface area contributed by atoms with E-state index in [1.54, 1.807) is 0 Å². The molecule has 0 saturated heterocycles. The van der Waals surface area contributed by atoms with Gasteiger partial charge >= 0.3 is 0 Å². The van der Waals surface area contributed by atoms with Crippen LogP contribution in [-0.4, -0.2) is 6.04 Å². The van der Waals surface area contributed by atoms with Crippen molar-refractivity contribution in [3.05, 3.63) is 71.8 Å². The van der Waals surface area contributed by atoms with Gasteiger partial charge in [0.05, 0.1) is 0 Å². The van der Waals surface area contributed by atoms with E-state index >= 15 is 0 Å². The minimum Gasteiger partial charge on any atom is -0.327 e.